The standard InChI is InChI=1S/C36H41N5O3/c1-8-40(27-15-13-24(14-16-27)18-28-32(42)17-23(2)37-34(28)44)21-25-19-26(36(6,7)22-35(3,4)5)20-31(33(25)43)41-38-29-11-9-10-12-30(29)39-41/h9-16,18-20,43H,2,8,17,21-22H2,1,3-7H3,(H,37,44)/b28-18+. The predicted molar refractivity (Wildman–Crippen MR) is 176 cm³/mol. The normalized spacial score (nSPS) is 15.2. The number of fused-ring (bicyclic) bond motifs is 1. The van der Waals surface area contributed by atoms with Gasteiger partial charge in [-0.1, -0.05) is 65.5 Å². The van der Waals surface area contributed by atoms with Crippen molar-refractivity contribution in [2.75, 3.05) is 11.4 Å². The first-order valence-corrected chi connectivity index (χ1v) is 15.0. The first-order valence-electron chi connectivity index (χ1n) is 15.0. The van der Waals surface area contributed by atoms with Crippen molar-refractivity contribution < 1.29 is 14.7 Å². The lowest BCUT2D eigenvalue weighted by Gasteiger charge is -2.34. The molecule has 1 aliphatic rings. The zero-order valence-corrected chi connectivity index (χ0v) is 26.4. The summed E-state index contributed by atoms with van der Waals surface area (Å²) in [7, 11) is 0. The van der Waals surface area contributed by atoms with Crippen LogP contribution in [0.3, 0.4) is 0 Å². The van der Waals surface area contributed by atoms with E-state index in [1.807, 2.05) is 54.6 Å². The number of aromatic nitrogens is 3. The molecule has 1 aromatic heterocycles. The summed E-state index contributed by atoms with van der Waals surface area (Å²) in [5, 5.41) is 23.7. The summed E-state index contributed by atoms with van der Waals surface area (Å²) in [6.07, 6.45) is 2.67. The molecule has 0 aliphatic carbocycles. The van der Waals surface area contributed by atoms with Crippen molar-refractivity contribution in [3.05, 3.63) is 95.2 Å². The van der Waals surface area contributed by atoms with E-state index < -0.39 is 5.91 Å². The van der Waals surface area contributed by atoms with Gasteiger partial charge in [-0.05, 0) is 77.8 Å². The van der Waals surface area contributed by atoms with Gasteiger partial charge in [0.2, 0.25) is 0 Å². The average Bonchev–Trinajstić information content (AvgIpc) is 3.37. The Morgan fingerprint density at radius 1 is 1.00 bits per heavy atom. The molecule has 0 radical (unpaired) electrons. The summed E-state index contributed by atoms with van der Waals surface area (Å²) in [5.74, 6) is -0.521. The average molecular weight is 592 g/mol. The van der Waals surface area contributed by atoms with Crippen LogP contribution in [0, 0.1) is 5.41 Å². The Hall–Kier alpha value is -4.72. The van der Waals surface area contributed by atoms with E-state index in [0.717, 1.165) is 39.8 Å². The number of hydrogen-bond acceptors (Lipinski definition) is 6. The van der Waals surface area contributed by atoms with Crippen LogP contribution in [-0.4, -0.2) is 38.3 Å². The van der Waals surface area contributed by atoms with E-state index in [4.69, 9.17) is 0 Å². The molecule has 8 heteroatoms. The fourth-order valence-corrected chi connectivity index (χ4v) is 6.11. The van der Waals surface area contributed by atoms with E-state index in [1.165, 1.54) is 4.80 Å². The van der Waals surface area contributed by atoms with E-state index in [2.05, 4.69) is 74.6 Å². The van der Waals surface area contributed by atoms with Crippen LogP contribution in [0.1, 0.15) is 71.1 Å². The van der Waals surface area contributed by atoms with E-state index in [1.54, 1.807) is 6.08 Å². The summed E-state index contributed by atoms with van der Waals surface area (Å²) in [6.45, 7) is 18.1. The number of ketones is 1. The van der Waals surface area contributed by atoms with Gasteiger partial charge in [0, 0.05) is 30.0 Å². The summed E-state index contributed by atoms with van der Waals surface area (Å²) < 4.78 is 0. The fourth-order valence-electron chi connectivity index (χ4n) is 6.11. The molecule has 0 atom stereocenters. The second-order valence-electron chi connectivity index (χ2n) is 13.4. The largest absolute Gasteiger partial charge is 0.505 e. The minimum absolute atomic E-state index is 0.101. The number of carbonyl (C=O) groups is 2. The van der Waals surface area contributed by atoms with Crippen LogP contribution in [-0.2, 0) is 21.5 Å². The number of phenols is 1. The van der Waals surface area contributed by atoms with Crippen LogP contribution in [0.15, 0.2) is 78.5 Å². The van der Waals surface area contributed by atoms with Gasteiger partial charge in [0.15, 0.2) is 5.78 Å². The number of nitrogens with one attached hydrogen (secondary N) is 1. The van der Waals surface area contributed by atoms with E-state index in [-0.39, 0.29) is 34.4 Å². The van der Waals surface area contributed by atoms with Gasteiger partial charge >= 0.3 is 0 Å². The quantitative estimate of drug-likeness (QED) is 0.172. The molecule has 2 N–H and O–H groups in total. The monoisotopic (exact) mass is 591 g/mol. The van der Waals surface area contributed by atoms with Crippen molar-refractivity contribution in [3.63, 3.8) is 0 Å². The molecule has 0 spiro atoms. The van der Waals surface area contributed by atoms with Gasteiger partial charge < -0.3 is 15.3 Å². The summed E-state index contributed by atoms with van der Waals surface area (Å²) in [6, 6.07) is 19.5. The number of allylic oxidation sites excluding steroid dienone is 1. The minimum Gasteiger partial charge on any atom is -0.505 e. The van der Waals surface area contributed by atoms with Crippen LogP contribution in [0.2, 0.25) is 0 Å². The van der Waals surface area contributed by atoms with Crippen molar-refractivity contribution in [2.24, 2.45) is 5.41 Å². The van der Waals surface area contributed by atoms with Crippen molar-refractivity contribution in [1.29, 1.82) is 0 Å². The summed E-state index contributed by atoms with van der Waals surface area (Å²) in [4.78, 5) is 28.4. The van der Waals surface area contributed by atoms with E-state index in [9.17, 15) is 14.7 Å². The molecule has 228 valence electrons. The van der Waals surface area contributed by atoms with E-state index >= 15 is 0 Å². The number of hydrogen-bond donors (Lipinski definition) is 2. The Bertz CT molecular complexity index is 1720. The summed E-state index contributed by atoms with van der Waals surface area (Å²) in [5.41, 5.74) is 6.12. The molecule has 3 aromatic carbocycles. The molecule has 0 bridgehead atoms. The molecule has 1 amide bonds. The van der Waals surface area contributed by atoms with Gasteiger partial charge in [-0.25, -0.2) is 0 Å². The highest BCUT2D eigenvalue weighted by Gasteiger charge is 2.30. The maximum Gasteiger partial charge on any atom is 0.259 e. The zero-order valence-electron chi connectivity index (χ0n) is 26.4. The molecule has 2 heterocycles. The highest BCUT2D eigenvalue weighted by atomic mass is 16.3. The lowest BCUT2D eigenvalue weighted by molar-refractivity contribution is -0.123. The smallest absolute Gasteiger partial charge is 0.259 e. The van der Waals surface area contributed by atoms with Crippen LogP contribution < -0.4 is 10.2 Å². The number of Topliss-reactive ketones (excluding diaryl/α,β-unsaturated/α-hetero) is 1. The van der Waals surface area contributed by atoms with Crippen molar-refractivity contribution >= 4 is 34.5 Å². The predicted octanol–water partition coefficient (Wildman–Crippen LogP) is 6.85. The van der Waals surface area contributed by atoms with Gasteiger partial charge in [0.25, 0.3) is 5.91 Å². The van der Waals surface area contributed by atoms with Gasteiger partial charge in [-0.2, -0.15) is 0 Å². The SMILES string of the molecule is C=C1CC(=O)/C(=C\c2ccc(N(CC)Cc3cc(C(C)(C)CC(C)(C)C)cc(-n4nc5ccccc5n4)c3O)cc2)C(=O)N1. The van der Waals surface area contributed by atoms with Gasteiger partial charge in [-0.3, -0.25) is 9.59 Å². The maximum absolute atomic E-state index is 12.4. The Kier molecular flexibility index (Phi) is 8.21. The van der Waals surface area contributed by atoms with Crippen LogP contribution >= 0.6 is 0 Å². The lowest BCUT2D eigenvalue weighted by Crippen LogP contribution is -2.34. The topological polar surface area (TPSA) is 100 Å². The second kappa shape index (κ2) is 11.8. The number of carbonyl (C=O) groups excluding carboxylic acids is 2. The highest BCUT2D eigenvalue weighted by Crippen LogP contribution is 2.40. The fraction of sp³-hybridized carbons (Fsp3) is 0.333. The molecular formula is C36H41N5O3. The number of nitrogens with zero attached hydrogens (tertiary/aromatic N) is 4. The number of rotatable bonds is 8. The van der Waals surface area contributed by atoms with Crippen molar-refractivity contribution in [1.82, 2.24) is 20.3 Å². The third-order valence-electron chi connectivity index (χ3n) is 7.95. The Morgan fingerprint density at radius 3 is 2.20 bits per heavy atom. The Balaban J connectivity index is 1.51. The molecule has 1 aliphatic heterocycles. The number of piperidine rings is 1. The molecule has 5 rings (SSSR count). The molecule has 1 fully saturated rings. The number of amides is 1. The number of phenolic OH excluding ortho intramolecular Hbond substituents is 1. The Labute approximate surface area is 259 Å². The van der Waals surface area contributed by atoms with Gasteiger partial charge in [0.1, 0.15) is 22.5 Å². The summed E-state index contributed by atoms with van der Waals surface area (Å²) >= 11 is 0. The van der Waals surface area contributed by atoms with Gasteiger partial charge in [-0.15, -0.1) is 15.0 Å². The number of aromatic hydroxyl groups is 1. The molecule has 0 saturated carbocycles. The molecule has 44 heavy (non-hydrogen) atoms. The van der Waals surface area contributed by atoms with Crippen LogP contribution in [0.25, 0.3) is 22.8 Å². The zero-order chi connectivity index (χ0) is 31.8. The van der Waals surface area contributed by atoms with Crippen LogP contribution in [0.4, 0.5) is 5.69 Å². The van der Waals surface area contributed by atoms with Crippen molar-refractivity contribution in [3.8, 4) is 11.4 Å². The first kappa shape index (κ1) is 30.7. The number of anilines is 1. The highest BCUT2D eigenvalue weighted by molar-refractivity contribution is 6.25. The van der Waals surface area contributed by atoms with E-state index in [0.29, 0.717) is 24.5 Å². The minimum atomic E-state index is -0.425. The molecule has 1 saturated heterocycles. The first-order chi connectivity index (χ1) is 20.7. The van der Waals surface area contributed by atoms with Crippen molar-refractivity contribution in [2.45, 2.75) is 66.3 Å². The molecule has 0 unspecified atom stereocenters. The third kappa shape index (κ3) is 6.59. The van der Waals surface area contributed by atoms with Gasteiger partial charge in [0.05, 0.1) is 12.0 Å². The lowest BCUT2D eigenvalue weighted by atomic mass is 9.72. The molecular weight excluding hydrogens is 550 g/mol. The number of benzene rings is 3. The maximum atomic E-state index is 12.4. The van der Waals surface area contributed by atoms with Crippen LogP contribution in [0.5, 0.6) is 5.75 Å². The second-order valence-corrected chi connectivity index (χ2v) is 13.4. The Morgan fingerprint density at radius 2 is 1.64 bits per heavy atom. The third-order valence-corrected chi connectivity index (χ3v) is 7.95. The molecule has 4 aromatic rings. The molecule has 8 nitrogen and oxygen atoms in total.